The van der Waals surface area contributed by atoms with Crippen molar-refractivity contribution in [2.45, 2.75) is 12.5 Å². The zero-order valence-corrected chi connectivity index (χ0v) is 19.0. The summed E-state index contributed by atoms with van der Waals surface area (Å²) in [5, 5.41) is 17.8. The van der Waals surface area contributed by atoms with E-state index in [9.17, 15) is 9.90 Å². The number of amides is 1. The van der Waals surface area contributed by atoms with E-state index in [0.29, 0.717) is 41.4 Å². The van der Waals surface area contributed by atoms with Crippen LogP contribution in [-0.4, -0.2) is 46.9 Å². The first-order valence-corrected chi connectivity index (χ1v) is 11.1. The van der Waals surface area contributed by atoms with Crippen LogP contribution in [0.4, 0.5) is 0 Å². The van der Waals surface area contributed by atoms with Crippen LogP contribution in [0.15, 0.2) is 72.8 Å². The molecule has 5 rings (SSSR count). The summed E-state index contributed by atoms with van der Waals surface area (Å²) in [5.41, 5.74) is 4.44. The van der Waals surface area contributed by atoms with E-state index in [0.717, 1.165) is 16.7 Å². The van der Waals surface area contributed by atoms with Gasteiger partial charge in [0.1, 0.15) is 17.1 Å². The number of ether oxygens (including phenoxy) is 2. The van der Waals surface area contributed by atoms with Crippen LogP contribution >= 0.6 is 0 Å². The molecule has 1 atom stereocenters. The number of nitrogens with zero attached hydrogens (tertiary/aromatic N) is 2. The number of phenols is 1. The molecule has 0 saturated carbocycles. The van der Waals surface area contributed by atoms with Gasteiger partial charge in [-0.1, -0.05) is 48.5 Å². The largest absolute Gasteiger partial charge is 0.507 e. The van der Waals surface area contributed by atoms with Crippen LogP contribution in [0.25, 0.3) is 11.3 Å². The Labute approximate surface area is 197 Å². The number of H-pyrrole nitrogens is 1. The highest BCUT2D eigenvalue weighted by atomic mass is 16.5. The summed E-state index contributed by atoms with van der Waals surface area (Å²) in [7, 11) is 3.21. The smallest absolute Gasteiger partial charge is 0.273 e. The first-order valence-electron chi connectivity index (χ1n) is 11.1. The third kappa shape index (κ3) is 3.65. The van der Waals surface area contributed by atoms with Crippen LogP contribution in [0, 0.1) is 0 Å². The van der Waals surface area contributed by atoms with E-state index in [2.05, 4.69) is 10.2 Å². The maximum absolute atomic E-state index is 13.5. The van der Waals surface area contributed by atoms with Gasteiger partial charge in [-0.2, -0.15) is 5.10 Å². The fourth-order valence-corrected chi connectivity index (χ4v) is 4.57. The normalized spacial score (nSPS) is 14.8. The fraction of sp³-hybridized carbons (Fsp3) is 0.185. The SMILES string of the molecule is COc1ccc(CCN2C(=O)c3[nH]nc(-c4ccccc4O)c3[C@H]2c2ccccc2)cc1OC. The Hall–Kier alpha value is -4.26. The zero-order chi connectivity index (χ0) is 23.7. The van der Waals surface area contributed by atoms with Gasteiger partial charge in [0.25, 0.3) is 5.91 Å². The summed E-state index contributed by atoms with van der Waals surface area (Å²) >= 11 is 0. The van der Waals surface area contributed by atoms with Gasteiger partial charge >= 0.3 is 0 Å². The van der Waals surface area contributed by atoms with Crippen molar-refractivity contribution in [3.05, 3.63) is 95.2 Å². The Morgan fingerprint density at radius 1 is 0.971 bits per heavy atom. The van der Waals surface area contributed by atoms with Crippen molar-refractivity contribution in [1.29, 1.82) is 0 Å². The van der Waals surface area contributed by atoms with E-state index < -0.39 is 0 Å². The highest BCUT2D eigenvalue weighted by Crippen LogP contribution is 2.44. The second kappa shape index (κ2) is 8.94. The summed E-state index contributed by atoms with van der Waals surface area (Å²) in [5.74, 6) is 1.33. The Kier molecular flexibility index (Phi) is 5.67. The van der Waals surface area contributed by atoms with Crippen molar-refractivity contribution in [1.82, 2.24) is 15.1 Å². The molecule has 172 valence electrons. The van der Waals surface area contributed by atoms with Crippen molar-refractivity contribution >= 4 is 5.91 Å². The Morgan fingerprint density at radius 3 is 2.44 bits per heavy atom. The van der Waals surface area contributed by atoms with Crippen molar-refractivity contribution < 1.29 is 19.4 Å². The van der Waals surface area contributed by atoms with E-state index in [1.807, 2.05) is 65.6 Å². The third-order valence-corrected chi connectivity index (χ3v) is 6.23. The number of phenolic OH excluding ortho intramolecular Hbond substituents is 1. The molecule has 0 radical (unpaired) electrons. The second-order valence-corrected chi connectivity index (χ2v) is 8.13. The van der Waals surface area contributed by atoms with Crippen molar-refractivity contribution in [2.24, 2.45) is 0 Å². The number of methoxy groups -OCH3 is 2. The Bertz CT molecular complexity index is 1330. The predicted molar refractivity (Wildman–Crippen MR) is 128 cm³/mol. The number of aromatic nitrogens is 2. The minimum absolute atomic E-state index is 0.112. The number of hydrogen-bond acceptors (Lipinski definition) is 5. The molecule has 34 heavy (non-hydrogen) atoms. The van der Waals surface area contributed by atoms with Crippen molar-refractivity contribution in [2.75, 3.05) is 20.8 Å². The number of hydrogen-bond donors (Lipinski definition) is 2. The standard InChI is InChI=1S/C27H25N3O4/c1-33-21-13-12-17(16-22(21)34-2)14-15-30-26(18-8-4-3-5-9-18)23-24(28-29-25(23)27(30)32)19-10-6-7-11-20(19)31/h3-13,16,26,31H,14-15H2,1-2H3,(H,28,29)/t26-/m1/s1. The first-order chi connectivity index (χ1) is 16.6. The van der Waals surface area contributed by atoms with Crippen molar-refractivity contribution in [3.8, 4) is 28.5 Å². The molecule has 1 aliphatic heterocycles. The van der Waals surface area contributed by atoms with Gasteiger partial charge in [-0.05, 0) is 41.8 Å². The van der Waals surface area contributed by atoms with E-state index >= 15 is 0 Å². The van der Waals surface area contributed by atoms with Crippen LogP contribution in [0.3, 0.4) is 0 Å². The number of para-hydroxylation sites is 1. The molecule has 0 fully saturated rings. The summed E-state index contributed by atoms with van der Waals surface area (Å²) < 4.78 is 10.8. The van der Waals surface area contributed by atoms with Gasteiger partial charge in [0.05, 0.1) is 20.3 Å². The minimum Gasteiger partial charge on any atom is -0.507 e. The molecule has 7 heteroatoms. The molecule has 1 aliphatic rings. The number of nitrogens with one attached hydrogen (secondary N) is 1. The van der Waals surface area contributed by atoms with Gasteiger partial charge in [0.2, 0.25) is 0 Å². The summed E-state index contributed by atoms with van der Waals surface area (Å²) in [6.07, 6.45) is 0.638. The molecular formula is C27H25N3O4. The molecule has 1 amide bonds. The molecular weight excluding hydrogens is 430 g/mol. The van der Waals surface area contributed by atoms with E-state index in [4.69, 9.17) is 9.47 Å². The molecule has 3 aromatic carbocycles. The highest BCUT2D eigenvalue weighted by molar-refractivity contribution is 6.00. The molecule has 2 heterocycles. The average Bonchev–Trinajstić information content (AvgIpc) is 3.42. The Balaban J connectivity index is 1.53. The maximum atomic E-state index is 13.5. The lowest BCUT2D eigenvalue weighted by Gasteiger charge is -2.26. The topological polar surface area (TPSA) is 87.7 Å². The molecule has 0 unspecified atom stereocenters. The second-order valence-electron chi connectivity index (χ2n) is 8.13. The number of aromatic hydroxyl groups is 1. The molecule has 1 aromatic heterocycles. The van der Waals surface area contributed by atoms with Crippen molar-refractivity contribution in [3.63, 3.8) is 0 Å². The van der Waals surface area contributed by atoms with Crippen LogP contribution in [0.5, 0.6) is 17.2 Å². The Morgan fingerprint density at radius 2 is 1.71 bits per heavy atom. The number of rotatable bonds is 7. The molecule has 2 N–H and O–H groups in total. The monoisotopic (exact) mass is 455 g/mol. The number of carbonyl (C=O) groups excluding carboxylic acids is 1. The molecule has 4 aromatic rings. The lowest BCUT2D eigenvalue weighted by Crippen LogP contribution is -2.31. The molecule has 0 spiro atoms. The van der Waals surface area contributed by atoms with Crippen LogP contribution in [0.2, 0.25) is 0 Å². The fourth-order valence-electron chi connectivity index (χ4n) is 4.57. The van der Waals surface area contributed by atoms with Gasteiger partial charge < -0.3 is 19.5 Å². The quantitative estimate of drug-likeness (QED) is 0.426. The maximum Gasteiger partial charge on any atom is 0.273 e. The third-order valence-electron chi connectivity index (χ3n) is 6.23. The van der Waals surface area contributed by atoms with E-state index in [-0.39, 0.29) is 17.7 Å². The summed E-state index contributed by atoms with van der Waals surface area (Å²) in [4.78, 5) is 15.4. The molecule has 0 saturated heterocycles. The lowest BCUT2D eigenvalue weighted by atomic mass is 9.95. The summed E-state index contributed by atoms with van der Waals surface area (Å²) in [6.45, 7) is 0.497. The van der Waals surface area contributed by atoms with Crippen LogP contribution in [0.1, 0.15) is 33.2 Å². The highest BCUT2D eigenvalue weighted by Gasteiger charge is 2.42. The average molecular weight is 456 g/mol. The molecule has 7 nitrogen and oxygen atoms in total. The van der Waals surface area contributed by atoms with Gasteiger partial charge in [-0.3, -0.25) is 9.89 Å². The number of fused-ring (bicyclic) bond motifs is 1. The van der Waals surface area contributed by atoms with Gasteiger partial charge in [-0.15, -0.1) is 0 Å². The van der Waals surface area contributed by atoms with E-state index in [1.54, 1.807) is 26.4 Å². The lowest BCUT2D eigenvalue weighted by molar-refractivity contribution is 0.0746. The predicted octanol–water partition coefficient (Wildman–Crippen LogP) is 4.59. The van der Waals surface area contributed by atoms with Gasteiger partial charge in [0, 0.05) is 17.7 Å². The first kappa shape index (κ1) is 21.6. The summed E-state index contributed by atoms with van der Waals surface area (Å²) in [6, 6.07) is 22.4. The number of aromatic amines is 1. The molecule has 0 bridgehead atoms. The number of benzene rings is 3. The molecule has 0 aliphatic carbocycles. The van der Waals surface area contributed by atoms with Crippen LogP contribution in [-0.2, 0) is 6.42 Å². The van der Waals surface area contributed by atoms with Crippen LogP contribution < -0.4 is 9.47 Å². The van der Waals surface area contributed by atoms with Gasteiger partial charge in [-0.25, -0.2) is 0 Å². The minimum atomic E-state index is -0.322. The van der Waals surface area contributed by atoms with E-state index in [1.165, 1.54) is 0 Å². The zero-order valence-electron chi connectivity index (χ0n) is 19.0. The van der Waals surface area contributed by atoms with Gasteiger partial charge in [0.15, 0.2) is 11.5 Å². The number of carbonyl (C=O) groups is 1.